The molecule has 0 aromatic carbocycles. The lowest BCUT2D eigenvalue weighted by Crippen LogP contribution is -2.27. The van der Waals surface area contributed by atoms with Crippen molar-refractivity contribution in [2.45, 2.75) is 13.0 Å². The van der Waals surface area contributed by atoms with E-state index in [4.69, 9.17) is 9.84 Å². The molecular weight excluding hydrogens is 226 g/mol. The highest BCUT2D eigenvalue weighted by Gasteiger charge is 2.15. The number of aromatic nitrogens is 2. The van der Waals surface area contributed by atoms with Crippen molar-refractivity contribution >= 4 is 12.1 Å². The number of carbonyl (C=O) groups is 2. The number of carboxylic acids is 1. The molecule has 17 heavy (non-hydrogen) atoms. The summed E-state index contributed by atoms with van der Waals surface area (Å²) in [4.78, 5) is 21.8. The summed E-state index contributed by atoms with van der Waals surface area (Å²) < 4.78 is 4.72. The molecule has 1 unspecified atom stereocenters. The third-order valence-electron chi connectivity index (χ3n) is 1.95. The summed E-state index contributed by atoms with van der Waals surface area (Å²) in [5.41, 5.74) is 0.381. The first kappa shape index (κ1) is 12.8. The van der Waals surface area contributed by atoms with Gasteiger partial charge in [-0.15, -0.1) is 0 Å². The fourth-order valence-corrected chi connectivity index (χ4v) is 1.10. The third kappa shape index (κ3) is 3.63. The zero-order chi connectivity index (χ0) is 12.8. The number of aromatic carboxylic acids is 1. The number of ether oxygens (including phenoxy) is 1. The maximum absolute atomic E-state index is 11.2. The molecule has 1 atom stereocenters. The van der Waals surface area contributed by atoms with Crippen LogP contribution in [0.15, 0.2) is 18.7 Å². The summed E-state index contributed by atoms with van der Waals surface area (Å²) in [6, 6.07) is 0.925. The lowest BCUT2D eigenvalue weighted by molar-refractivity contribution is 0.0690. The second-order valence-corrected chi connectivity index (χ2v) is 3.27. The minimum atomic E-state index is -1.13. The Labute approximate surface area is 97.5 Å². The molecule has 0 aliphatic carbocycles. The predicted octanol–water partition coefficient (Wildman–Crippen LogP) is 1.08. The van der Waals surface area contributed by atoms with Gasteiger partial charge in [0.1, 0.15) is 6.61 Å². The number of amides is 1. The van der Waals surface area contributed by atoms with Crippen LogP contribution in [0.2, 0.25) is 0 Å². The molecule has 0 spiro atoms. The van der Waals surface area contributed by atoms with Gasteiger partial charge in [-0.1, -0.05) is 12.7 Å². The van der Waals surface area contributed by atoms with Crippen LogP contribution in [0.25, 0.3) is 0 Å². The molecule has 3 N–H and O–H groups in total. The van der Waals surface area contributed by atoms with Crippen molar-refractivity contribution in [3.05, 3.63) is 30.1 Å². The van der Waals surface area contributed by atoms with Gasteiger partial charge in [0.15, 0.2) is 5.69 Å². The molecule has 1 heterocycles. The topological polar surface area (TPSA) is 104 Å². The maximum Gasteiger partial charge on any atom is 0.407 e. The van der Waals surface area contributed by atoms with Gasteiger partial charge in [0.2, 0.25) is 0 Å². The monoisotopic (exact) mass is 239 g/mol. The van der Waals surface area contributed by atoms with Crippen LogP contribution in [-0.2, 0) is 4.74 Å². The van der Waals surface area contributed by atoms with E-state index in [2.05, 4.69) is 22.1 Å². The van der Waals surface area contributed by atoms with E-state index >= 15 is 0 Å². The molecule has 0 aliphatic rings. The van der Waals surface area contributed by atoms with Crippen molar-refractivity contribution in [2.75, 3.05) is 6.61 Å². The van der Waals surface area contributed by atoms with Gasteiger partial charge in [0, 0.05) is 0 Å². The van der Waals surface area contributed by atoms with Gasteiger partial charge >= 0.3 is 12.1 Å². The maximum atomic E-state index is 11.2. The number of hydrogen-bond donors (Lipinski definition) is 3. The van der Waals surface area contributed by atoms with E-state index in [9.17, 15) is 9.59 Å². The number of aromatic amines is 1. The highest BCUT2D eigenvalue weighted by atomic mass is 16.5. The average Bonchev–Trinajstić information content (AvgIpc) is 2.75. The zero-order valence-corrected chi connectivity index (χ0v) is 9.27. The number of nitrogens with zero attached hydrogens (tertiary/aromatic N) is 1. The molecular formula is C10H13N3O4. The molecule has 0 bridgehead atoms. The second kappa shape index (κ2) is 5.69. The van der Waals surface area contributed by atoms with E-state index in [-0.39, 0.29) is 12.3 Å². The summed E-state index contributed by atoms with van der Waals surface area (Å²) in [5, 5.41) is 17.3. The van der Waals surface area contributed by atoms with Crippen LogP contribution in [0.4, 0.5) is 4.79 Å². The number of carbonyl (C=O) groups excluding carboxylic acids is 1. The van der Waals surface area contributed by atoms with Crippen LogP contribution >= 0.6 is 0 Å². The first-order chi connectivity index (χ1) is 8.04. The Bertz CT molecular complexity index is 427. The fraction of sp³-hybridized carbons (Fsp3) is 0.300. The standard InChI is InChI=1S/C10H13N3O4/c1-3-4-17-10(16)11-6(2)7-5-8(9(14)15)13-12-7/h3,5-6H,1,4H2,2H3,(H,11,16)(H,12,13)(H,14,15). The third-order valence-corrected chi connectivity index (χ3v) is 1.95. The number of carboxylic acid groups (broad SMARTS) is 1. The van der Waals surface area contributed by atoms with Gasteiger partial charge in [0.25, 0.3) is 0 Å². The molecule has 0 saturated heterocycles. The normalized spacial score (nSPS) is 11.6. The van der Waals surface area contributed by atoms with Crippen molar-refractivity contribution in [1.82, 2.24) is 15.5 Å². The summed E-state index contributed by atoms with van der Waals surface area (Å²) in [7, 11) is 0. The average molecular weight is 239 g/mol. The first-order valence-corrected chi connectivity index (χ1v) is 4.87. The number of H-pyrrole nitrogens is 1. The molecule has 1 aromatic rings. The molecule has 1 amide bonds. The van der Waals surface area contributed by atoms with Gasteiger partial charge in [-0.25, -0.2) is 9.59 Å². The lowest BCUT2D eigenvalue weighted by atomic mass is 10.2. The van der Waals surface area contributed by atoms with E-state index in [0.29, 0.717) is 5.69 Å². The van der Waals surface area contributed by atoms with Crippen LogP contribution in [0.1, 0.15) is 29.1 Å². The van der Waals surface area contributed by atoms with E-state index in [1.54, 1.807) is 6.92 Å². The molecule has 1 rings (SSSR count). The van der Waals surface area contributed by atoms with Gasteiger partial charge in [-0.3, -0.25) is 5.10 Å². The highest BCUT2D eigenvalue weighted by Crippen LogP contribution is 2.10. The summed E-state index contributed by atoms with van der Waals surface area (Å²) in [6.45, 7) is 5.19. The number of alkyl carbamates (subject to hydrolysis) is 1. The largest absolute Gasteiger partial charge is 0.476 e. The Kier molecular flexibility index (Phi) is 4.27. The van der Waals surface area contributed by atoms with Crippen LogP contribution in [0.5, 0.6) is 0 Å². The molecule has 7 heteroatoms. The molecule has 92 valence electrons. The Morgan fingerprint density at radius 1 is 1.76 bits per heavy atom. The quantitative estimate of drug-likeness (QED) is 0.667. The number of hydrogen-bond acceptors (Lipinski definition) is 4. The predicted molar refractivity (Wildman–Crippen MR) is 58.6 cm³/mol. The van der Waals surface area contributed by atoms with Crippen molar-refractivity contribution in [2.24, 2.45) is 0 Å². The Morgan fingerprint density at radius 3 is 3.00 bits per heavy atom. The Hall–Kier alpha value is -2.31. The van der Waals surface area contributed by atoms with Crippen molar-refractivity contribution < 1.29 is 19.4 Å². The lowest BCUT2D eigenvalue weighted by Gasteiger charge is -2.11. The van der Waals surface area contributed by atoms with E-state index in [1.807, 2.05) is 0 Å². The summed E-state index contributed by atoms with van der Waals surface area (Å²) in [5.74, 6) is -1.13. The van der Waals surface area contributed by atoms with Crippen LogP contribution in [0, 0.1) is 0 Å². The van der Waals surface area contributed by atoms with Crippen LogP contribution in [-0.4, -0.2) is 34.0 Å². The van der Waals surface area contributed by atoms with Gasteiger partial charge in [-0.05, 0) is 13.0 Å². The van der Waals surface area contributed by atoms with E-state index in [1.165, 1.54) is 12.1 Å². The molecule has 0 radical (unpaired) electrons. The highest BCUT2D eigenvalue weighted by molar-refractivity contribution is 5.85. The molecule has 0 aliphatic heterocycles. The van der Waals surface area contributed by atoms with Gasteiger partial charge in [-0.2, -0.15) is 5.10 Å². The number of nitrogens with one attached hydrogen (secondary N) is 2. The minimum Gasteiger partial charge on any atom is -0.476 e. The molecule has 1 aromatic heterocycles. The van der Waals surface area contributed by atoms with E-state index < -0.39 is 18.1 Å². The zero-order valence-electron chi connectivity index (χ0n) is 9.27. The van der Waals surface area contributed by atoms with E-state index in [0.717, 1.165) is 0 Å². The second-order valence-electron chi connectivity index (χ2n) is 3.27. The van der Waals surface area contributed by atoms with Gasteiger partial charge in [0.05, 0.1) is 11.7 Å². The summed E-state index contributed by atoms with van der Waals surface area (Å²) >= 11 is 0. The molecule has 0 fully saturated rings. The van der Waals surface area contributed by atoms with Gasteiger partial charge < -0.3 is 15.2 Å². The fourth-order valence-electron chi connectivity index (χ4n) is 1.10. The van der Waals surface area contributed by atoms with Crippen molar-refractivity contribution in [3.63, 3.8) is 0 Å². The minimum absolute atomic E-state index is 0.104. The summed E-state index contributed by atoms with van der Waals surface area (Å²) in [6.07, 6.45) is 0.840. The molecule has 0 saturated carbocycles. The molecule has 7 nitrogen and oxygen atoms in total. The van der Waals surface area contributed by atoms with Crippen molar-refractivity contribution in [1.29, 1.82) is 0 Å². The number of rotatable bonds is 5. The SMILES string of the molecule is C=CCOC(=O)NC(C)c1cc(C(=O)O)n[nH]1. The Morgan fingerprint density at radius 2 is 2.47 bits per heavy atom. The van der Waals surface area contributed by atoms with Crippen LogP contribution in [0.3, 0.4) is 0 Å². The van der Waals surface area contributed by atoms with Crippen molar-refractivity contribution in [3.8, 4) is 0 Å². The van der Waals surface area contributed by atoms with Crippen LogP contribution < -0.4 is 5.32 Å². The first-order valence-electron chi connectivity index (χ1n) is 4.87. The Balaban J connectivity index is 2.56. The smallest absolute Gasteiger partial charge is 0.407 e.